The minimum absolute atomic E-state index is 0.283. The molecule has 0 amide bonds. The van der Waals surface area contributed by atoms with E-state index in [0.29, 0.717) is 5.01 Å². The quantitative estimate of drug-likeness (QED) is 0.682. The van der Waals surface area contributed by atoms with Gasteiger partial charge in [0.2, 0.25) is 5.78 Å². The van der Waals surface area contributed by atoms with Crippen LogP contribution in [-0.4, -0.2) is 15.8 Å². The molecule has 2 aromatic heterocycles. The average molecular weight is 319 g/mol. The van der Waals surface area contributed by atoms with Crippen molar-refractivity contribution in [2.45, 2.75) is 12.8 Å². The van der Waals surface area contributed by atoms with Gasteiger partial charge in [0.15, 0.2) is 5.92 Å². The molecule has 0 spiro atoms. The molecule has 1 atom stereocenters. The van der Waals surface area contributed by atoms with E-state index in [1.165, 1.54) is 11.3 Å². The summed E-state index contributed by atoms with van der Waals surface area (Å²) in [6, 6.07) is 15.4. The summed E-state index contributed by atoms with van der Waals surface area (Å²) < 4.78 is 0. The lowest BCUT2D eigenvalue weighted by molar-refractivity contribution is 0.0974. The van der Waals surface area contributed by atoms with Crippen LogP contribution in [0.1, 0.15) is 27.1 Å². The topological polar surface area (TPSA) is 66.6 Å². The van der Waals surface area contributed by atoms with Crippen molar-refractivity contribution in [3.8, 4) is 17.2 Å². The van der Waals surface area contributed by atoms with Crippen molar-refractivity contribution in [3.63, 3.8) is 0 Å². The fraction of sp³-hybridized carbons (Fsp3) is 0.111. The van der Waals surface area contributed by atoms with Crippen molar-refractivity contribution in [3.05, 3.63) is 70.4 Å². The highest BCUT2D eigenvalue weighted by Gasteiger charge is 2.25. The van der Waals surface area contributed by atoms with Gasteiger partial charge in [0, 0.05) is 17.3 Å². The highest BCUT2D eigenvalue weighted by Crippen LogP contribution is 2.25. The van der Waals surface area contributed by atoms with Crippen LogP contribution in [0.2, 0.25) is 0 Å². The molecule has 1 unspecified atom stereocenters. The maximum Gasteiger partial charge on any atom is 0.205 e. The largest absolute Gasteiger partial charge is 0.290 e. The number of nitrogens with zero attached hydrogens (tertiary/aromatic N) is 3. The number of rotatable bonds is 4. The maximum absolute atomic E-state index is 12.7. The van der Waals surface area contributed by atoms with E-state index < -0.39 is 5.92 Å². The lowest BCUT2D eigenvalue weighted by Crippen LogP contribution is -2.12. The summed E-state index contributed by atoms with van der Waals surface area (Å²) in [5, 5.41) is 11.7. The van der Waals surface area contributed by atoms with Crippen LogP contribution in [0, 0.1) is 18.3 Å². The van der Waals surface area contributed by atoms with Gasteiger partial charge in [-0.15, -0.1) is 11.3 Å². The average Bonchev–Trinajstić information content (AvgIpc) is 3.02. The summed E-state index contributed by atoms with van der Waals surface area (Å²) in [4.78, 5) is 21.0. The van der Waals surface area contributed by atoms with Crippen LogP contribution in [0.5, 0.6) is 0 Å². The molecule has 3 rings (SSSR count). The Hall–Kier alpha value is -2.84. The Balaban J connectivity index is 1.95. The maximum atomic E-state index is 12.7. The molecule has 112 valence electrons. The number of aryl methyl sites for hydroxylation is 1. The van der Waals surface area contributed by atoms with Crippen LogP contribution < -0.4 is 0 Å². The van der Waals surface area contributed by atoms with Crippen LogP contribution in [0.4, 0.5) is 0 Å². The minimum atomic E-state index is -0.910. The summed E-state index contributed by atoms with van der Waals surface area (Å²) in [6.07, 6.45) is 1.59. The molecule has 0 saturated heterocycles. The number of pyridine rings is 1. The van der Waals surface area contributed by atoms with Crippen molar-refractivity contribution >= 4 is 17.1 Å². The van der Waals surface area contributed by atoms with Crippen LogP contribution in [0.25, 0.3) is 11.1 Å². The summed E-state index contributed by atoms with van der Waals surface area (Å²) in [5.41, 5.74) is 2.99. The number of aromatic nitrogens is 2. The number of hydrogen-bond acceptors (Lipinski definition) is 5. The van der Waals surface area contributed by atoms with Gasteiger partial charge in [-0.25, -0.2) is 4.98 Å². The van der Waals surface area contributed by atoms with Crippen LogP contribution in [0.15, 0.2) is 54.0 Å². The monoisotopic (exact) mass is 319 g/mol. The van der Waals surface area contributed by atoms with Crippen molar-refractivity contribution in [1.82, 2.24) is 9.97 Å². The van der Waals surface area contributed by atoms with Gasteiger partial charge in [-0.05, 0) is 30.2 Å². The van der Waals surface area contributed by atoms with Crippen molar-refractivity contribution in [2.75, 3.05) is 0 Å². The Kier molecular flexibility index (Phi) is 4.26. The molecule has 0 aliphatic carbocycles. The van der Waals surface area contributed by atoms with Gasteiger partial charge >= 0.3 is 0 Å². The van der Waals surface area contributed by atoms with Crippen LogP contribution in [-0.2, 0) is 0 Å². The number of carbonyl (C=O) groups is 1. The molecular formula is C18H13N3OS. The Morgan fingerprint density at radius 2 is 2.00 bits per heavy atom. The molecule has 5 heteroatoms. The third kappa shape index (κ3) is 3.17. The molecule has 1 aromatic carbocycles. The van der Waals surface area contributed by atoms with Gasteiger partial charge in [0.1, 0.15) is 10.7 Å². The first-order valence-electron chi connectivity index (χ1n) is 7.06. The van der Waals surface area contributed by atoms with E-state index in [-0.39, 0.29) is 11.5 Å². The van der Waals surface area contributed by atoms with E-state index >= 15 is 0 Å². The molecule has 0 aliphatic rings. The highest BCUT2D eigenvalue weighted by atomic mass is 32.1. The van der Waals surface area contributed by atoms with E-state index in [2.05, 4.69) is 9.97 Å². The van der Waals surface area contributed by atoms with E-state index in [1.54, 1.807) is 12.3 Å². The zero-order valence-electron chi connectivity index (χ0n) is 12.4. The first kappa shape index (κ1) is 15.1. The third-order valence-corrected chi connectivity index (χ3v) is 4.42. The summed E-state index contributed by atoms with van der Waals surface area (Å²) in [6.45, 7) is 1.84. The molecule has 0 bridgehead atoms. The molecule has 4 nitrogen and oxygen atoms in total. The van der Waals surface area contributed by atoms with Crippen molar-refractivity contribution in [2.24, 2.45) is 0 Å². The molecule has 0 fully saturated rings. The normalized spacial score (nSPS) is 11.7. The smallest absolute Gasteiger partial charge is 0.205 e. The molecule has 2 heterocycles. The number of carbonyl (C=O) groups excluding carboxylic acids is 1. The zero-order valence-corrected chi connectivity index (χ0v) is 13.2. The van der Waals surface area contributed by atoms with Gasteiger partial charge in [-0.1, -0.05) is 30.3 Å². The van der Waals surface area contributed by atoms with Crippen molar-refractivity contribution in [1.29, 1.82) is 5.26 Å². The SMILES string of the molecule is Cc1csc(C(C#N)C(=O)c2cc(-c3ccccc3)ccn2)n1. The number of thiazole rings is 1. The van der Waals surface area contributed by atoms with Gasteiger partial charge in [0.05, 0.1) is 6.07 Å². The zero-order chi connectivity index (χ0) is 16.2. The predicted octanol–water partition coefficient (Wildman–Crippen LogP) is 4.00. The fourth-order valence-electron chi connectivity index (χ4n) is 2.25. The van der Waals surface area contributed by atoms with Gasteiger partial charge < -0.3 is 0 Å². The van der Waals surface area contributed by atoms with Crippen LogP contribution >= 0.6 is 11.3 Å². The molecule has 0 aliphatic heterocycles. The second-order valence-corrected chi connectivity index (χ2v) is 5.94. The van der Waals surface area contributed by atoms with Gasteiger partial charge in [0.25, 0.3) is 0 Å². The Morgan fingerprint density at radius 1 is 1.22 bits per heavy atom. The number of nitriles is 1. The lowest BCUT2D eigenvalue weighted by Gasteiger charge is -2.07. The second kappa shape index (κ2) is 6.51. The predicted molar refractivity (Wildman–Crippen MR) is 89.2 cm³/mol. The first-order valence-corrected chi connectivity index (χ1v) is 7.94. The van der Waals surface area contributed by atoms with Crippen LogP contribution in [0.3, 0.4) is 0 Å². The first-order chi connectivity index (χ1) is 11.2. The minimum Gasteiger partial charge on any atom is -0.290 e. The fourth-order valence-corrected chi connectivity index (χ4v) is 3.09. The summed E-state index contributed by atoms with van der Waals surface area (Å²) in [5.74, 6) is -1.23. The second-order valence-electron chi connectivity index (χ2n) is 5.05. The Labute approximate surface area is 138 Å². The van der Waals surface area contributed by atoms with E-state index in [1.807, 2.05) is 54.8 Å². The molecule has 23 heavy (non-hydrogen) atoms. The van der Waals surface area contributed by atoms with Crippen molar-refractivity contribution < 1.29 is 4.79 Å². The number of benzene rings is 1. The molecule has 0 saturated carbocycles. The molecular weight excluding hydrogens is 306 g/mol. The summed E-state index contributed by atoms with van der Waals surface area (Å²) >= 11 is 1.32. The Morgan fingerprint density at radius 3 is 2.65 bits per heavy atom. The van der Waals surface area contributed by atoms with Gasteiger partial charge in [-0.2, -0.15) is 5.26 Å². The third-order valence-electron chi connectivity index (χ3n) is 3.39. The molecule has 3 aromatic rings. The number of hydrogen-bond donors (Lipinski definition) is 0. The Bertz CT molecular complexity index is 881. The van der Waals surface area contributed by atoms with E-state index in [0.717, 1.165) is 16.8 Å². The standard InChI is InChI=1S/C18H13N3OS/c1-12-11-23-18(21-12)15(10-19)17(22)16-9-14(7-8-20-16)13-5-3-2-4-6-13/h2-9,11,15H,1H3. The molecule has 0 N–H and O–H groups in total. The number of ketones is 1. The molecule has 0 radical (unpaired) electrons. The van der Waals surface area contributed by atoms with E-state index in [9.17, 15) is 10.1 Å². The highest BCUT2D eigenvalue weighted by molar-refractivity contribution is 7.10. The lowest BCUT2D eigenvalue weighted by atomic mass is 10.00. The summed E-state index contributed by atoms with van der Waals surface area (Å²) in [7, 11) is 0. The van der Waals surface area contributed by atoms with E-state index in [4.69, 9.17) is 0 Å². The number of Topliss-reactive ketones (excluding diaryl/α,β-unsaturated/α-hetero) is 1. The van der Waals surface area contributed by atoms with Gasteiger partial charge in [-0.3, -0.25) is 9.78 Å².